The number of hydrogen-bond acceptors (Lipinski definition) is 4. The monoisotopic (exact) mass is 349 g/mol. The van der Waals surface area contributed by atoms with Crippen molar-refractivity contribution in [1.82, 2.24) is 0 Å². The number of nitrogens with one attached hydrogen (secondary N) is 1. The molecule has 130 valence electrons. The van der Waals surface area contributed by atoms with Gasteiger partial charge in [-0.3, -0.25) is 9.59 Å². The van der Waals surface area contributed by atoms with E-state index in [0.29, 0.717) is 27.5 Å². The topological polar surface area (TPSA) is 108 Å². The van der Waals surface area contributed by atoms with Gasteiger partial charge in [-0.1, -0.05) is 6.07 Å². The number of ether oxygens (including phenoxy) is 1. The summed E-state index contributed by atoms with van der Waals surface area (Å²) in [5.74, 6) is -0.0635. The van der Waals surface area contributed by atoms with Gasteiger partial charge in [0.25, 0.3) is 5.69 Å². The van der Waals surface area contributed by atoms with Crippen LogP contribution in [0.3, 0.4) is 0 Å². The third-order valence-corrected chi connectivity index (χ3v) is 3.52. The fourth-order valence-corrected chi connectivity index (χ4v) is 2.25. The summed E-state index contributed by atoms with van der Waals surface area (Å²) in [6.07, 6.45) is 1.26. The maximum Gasteiger partial charge on any atom is 0.321 e. The number of hydrogen-bond donors (Lipinski definition) is 2. The number of anilines is 1. The molecule has 0 radical (unpaired) electrons. The lowest BCUT2D eigenvalue weighted by Crippen LogP contribution is -2.36. The van der Waals surface area contributed by atoms with Crippen molar-refractivity contribution in [1.29, 1.82) is 0 Å². The van der Waals surface area contributed by atoms with Crippen molar-refractivity contribution in [2.75, 3.05) is 5.32 Å². The Morgan fingerprint density at radius 1 is 0.962 bits per heavy atom. The standard InChI is InChI=1S/C19H15N3O4/c20-18(23)13-4-3-5-16(12-13)26-15-9-7-14(8-10-15)21-19(24)17-6-1-2-11-22(17)25/h1-12H,(H2,20,23)(H,21,24). The van der Waals surface area contributed by atoms with Gasteiger partial charge >= 0.3 is 5.91 Å². The lowest BCUT2D eigenvalue weighted by atomic mass is 10.2. The number of benzene rings is 2. The van der Waals surface area contributed by atoms with E-state index in [1.807, 2.05) is 0 Å². The first kappa shape index (κ1) is 17.0. The van der Waals surface area contributed by atoms with Crippen molar-refractivity contribution in [3.8, 4) is 11.5 Å². The molecule has 3 aromatic rings. The highest BCUT2D eigenvalue weighted by atomic mass is 16.5. The van der Waals surface area contributed by atoms with Gasteiger partial charge in [-0.25, -0.2) is 0 Å². The van der Waals surface area contributed by atoms with Crippen molar-refractivity contribution in [3.05, 3.63) is 89.4 Å². The number of carbonyl (C=O) groups is 2. The Labute approximate surface area is 149 Å². The van der Waals surface area contributed by atoms with Gasteiger partial charge in [0.15, 0.2) is 6.20 Å². The fraction of sp³-hybridized carbons (Fsp3) is 0. The molecule has 0 aliphatic heterocycles. The molecule has 26 heavy (non-hydrogen) atoms. The summed E-state index contributed by atoms with van der Waals surface area (Å²) in [7, 11) is 0. The summed E-state index contributed by atoms with van der Waals surface area (Å²) in [4.78, 5) is 23.3. The molecule has 0 aliphatic carbocycles. The molecule has 0 bridgehead atoms. The first-order valence-corrected chi connectivity index (χ1v) is 7.70. The highest BCUT2D eigenvalue weighted by Crippen LogP contribution is 2.24. The van der Waals surface area contributed by atoms with E-state index in [2.05, 4.69) is 5.32 Å². The number of amides is 2. The van der Waals surface area contributed by atoms with Crippen molar-refractivity contribution >= 4 is 17.5 Å². The molecule has 0 fully saturated rings. The summed E-state index contributed by atoms with van der Waals surface area (Å²) in [6.45, 7) is 0. The molecule has 3 rings (SSSR count). The fourth-order valence-electron chi connectivity index (χ4n) is 2.25. The molecule has 0 spiro atoms. The van der Waals surface area contributed by atoms with E-state index in [9.17, 15) is 14.8 Å². The number of pyridine rings is 1. The van der Waals surface area contributed by atoms with Crippen molar-refractivity contribution in [2.24, 2.45) is 5.73 Å². The summed E-state index contributed by atoms with van der Waals surface area (Å²) in [5, 5.41) is 14.2. The van der Waals surface area contributed by atoms with Crippen LogP contribution in [-0.4, -0.2) is 11.8 Å². The molecule has 0 unspecified atom stereocenters. The summed E-state index contributed by atoms with van der Waals surface area (Å²) < 4.78 is 6.16. The maximum absolute atomic E-state index is 12.1. The second-order valence-electron chi connectivity index (χ2n) is 5.38. The molecule has 3 N–H and O–H groups in total. The Morgan fingerprint density at radius 2 is 1.73 bits per heavy atom. The molecule has 7 nitrogen and oxygen atoms in total. The van der Waals surface area contributed by atoms with Gasteiger partial charge in [-0.05, 0) is 48.5 Å². The summed E-state index contributed by atoms with van der Waals surface area (Å²) in [6, 6.07) is 17.7. The molecule has 0 atom stereocenters. The van der Waals surface area contributed by atoms with E-state index in [-0.39, 0.29) is 5.69 Å². The van der Waals surface area contributed by atoms with Crippen LogP contribution in [0, 0.1) is 5.21 Å². The predicted octanol–water partition coefficient (Wildman–Crippen LogP) is 2.46. The van der Waals surface area contributed by atoms with Crippen LogP contribution < -0.4 is 20.5 Å². The first-order chi connectivity index (χ1) is 12.5. The highest BCUT2D eigenvalue weighted by molar-refractivity contribution is 6.01. The Hall–Kier alpha value is -3.87. The Bertz CT molecular complexity index is 955. The number of carbonyl (C=O) groups excluding carboxylic acids is 2. The predicted molar refractivity (Wildman–Crippen MR) is 94.8 cm³/mol. The Kier molecular flexibility index (Phi) is 4.80. The molecule has 7 heteroatoms. The average Bonchev–Trinajstić information content (AvgIpc) is 2.64. The third kappa shape index (κ3) is 3.96. The molecule has 1 heterocycles. The van der Waals surface area contributed by atoms with Gasteiger partial charge in [0.2, 0.25) is 5.91 Å². The van der Waals surface area contributed by atoms with Gasteiger partial charge in [0, 0.05) is 23.4 Å². The molecule has 2 amide bonds. The molecule has 1 aromatic heterocycles. The number of aromatic nitrogens is 1. The molecule has 0 aliphatic rings. The van der Waals surface area contributed by atoms with Crippen LogP contribution >= 0.6 is 0 Å². The van der Waals surface area contributed by atoms with Gasteiger partial charge in [-0.2, -0.15) is 4.73 Å². The summed E-state index contributed by atoms with van der Waals surface area (Å²) >= 11 is 0. The second-order valence-corrected chi connectivity index (χ2v) is 5.38. The van der Waals surface area contributed by atoms with Crippen LogP contribution in [-0.2, 0) is 0 Å². The zero-order valence-corrected chi connectivity index (χ0v) is 13.6. The molecular formula is C19H15N3O4. The Balaban J connectivity index is 1.69. The van der Waals surface area contributed by atoms with Crippen LogP contribution in [0.25, 0.3) is 0 Å². The van der Waals surface area contributed by atoms with E-state index >= 15 is 0 Å². The van der Waals surface area contributed by atoms with E-state index in [1.54, 1.807) is 60.7 Å². The lowest BCUT2D eigenvalue weighted by Gasteiger charge is -2.09. The van der Waals surface area contributed by atoms with Crippen molar-refractivity contribution in [2.45, 2.75) is 0 Å². The highest BCUT2D eigenvalue weighted by Gasteiger charge is 2.15. The normalized spacial score (nSPS) is 10.2. The van der Waals surface area contributed by atoms with Gasteiger partial charge in [0.05, 0.1) is 0 Å². The van der Waals surface area contributed by atoms with E-state index in [0.717, 1.165) is 0 Å². The van der Waals surface area contributed by atoms with Gasteiger partial charge in [-0.15, -0.1) is 0 Å². The van der Waals surface area contributed by atoms with Crippen LogP contribution in [0.4, 0.5) is 5.69 Å². The largest absolute Gasteiger partial charge is 0.618 e. The molecule has 0 saturated carbocycles. The maximum atomic E-state index is 12.1. The van der Waals surface area contributed by atoms with Crippen molar-refractivity contribution in [3.63, 3.8) is 0 Å². The van der Waals surface area contributed by atoms with E-state index < -0.39 is 11.8 Å². The first-order valence-electron chi connectivity index (χ1n) is 7.70. The lowest BCUT2D eigenvalue weighted by molar-refractivity contribution is -0.607. The number of primary amides is 1. The zero-order valence-electron chi connectivity index (χ0n) is 13.6. The smallest absolute Gasteiger partial charge is 0.321 e. The third-order valence-electron chi connectivity index (χ3n) is 3.52. The van der Waals surface area contributed by atoms with Gasteiger partial charge in [0.1, 0.15) is 11.5 Å². The van der Waals surface area contributed by atoms with Crippen molar-refractivity contribution < 1.29 is 19.1 Å². The van der Waals surface area contributed by atoms with Crippen LogP contribution in [0.15, 0.2) is 72.9 Å². The van der Waals surface area contributed by atoms with E-state index in [1.165, 1.54) is 12.3 Å². The number of nitrogens with two attached hydrogens (primary N) is 1. The minimum atomic E-state index is -0.537. The van der Waals surface area contributed by atoms with E-state index in [4.69, 9.17) is 10.5 Å². The van der Waals surface area contributed by atoms with Gasteiger partial charge < -0.3 is 21.0 Å². The zero-order chi connectivity index (χ0) is 18.5. The second kappa shape index (κ2) is 7.35. The average molecular weight is 349 g/mol. The van der Waals surface area contributed by atoms with Crippen LogP contribution in [0.1, 0.15) is 20.8 Å². The number of nitrogens with zero attached hydrogens (tertiary/aromatic N) is 1. The molecular weight excluding hydrogens is 334 g/mol. The molecule has 0 saturated heterocycles. The Morgan fingerprint density at radius 3 is 2.42 bits per heavy atom. The SMILES string of the molecule is NC(=O)c1cccc(Oc2ccc(NC(=O)c3cccc[n+]3[O-])cc2)c1. The minimum Gasteiger partial charge on any atom is -0.618 e. The summed E-state index contributed by atoms with van der Waals surface area (Å²) in [5.41, 5.74) is 6.10. The quantitative estimate of drug-likeness (QED) is 0.545. The van der Waals surface area contributed by atoms with Crippen LogP contribution in [0.2, 0.25) is 0 Å². The molecule has 2 aromatic carbocycles. The number of rotatable bonds is 5. The van der Waals surface area contributed by atoms with Crippen LogP contribution in [0.5, 0.6) is 11.5 Å². The minimum absolute atomic E-state index is 0.00362.